The molecule has 0 saturated carbocycles. The molecule has 9 aromatic rings. The Hall–Kier alpha value is -5.74. The fourth-order valence-electron chi connectivity index (χ4n) is 6.33. The molecule has 3 heterocycles. The summed E-state index contributed by atoms with van der Waals surface area (Å²) in [6.45, 7) is 0. The van der Waals surface area contributed by atoms with E-state index in [9.17, 15) is 0 Å². The molecule has 6 aromatic carbocycles. The number of hydrogen-bond donors (Lipinski definition) is 0. The summed E-state index contributed by atoms with van der Waals surface area (Å²) in [5.41, 5.74) is 10.4. The van der Waals surface area contributed by atoms with Crippen molar-refractivity contribution in [3.05, 3.63) is 140 Å². The van der Waals surface area contributed by atoms with Crippen molar-refractivity contribution < 1.29 is 4.42 Å². The third kappa shape index (κ3) is 3.29. The van der Waals surface area contributed by atoms with Crippen molar-refractivity contribution in [2.75, 3.05) is 0 Å². The van der Waals surface area contributed by atoms with Crippen LogP contribution in [0.15, 0.2) is 144 Å². The molecule has 0 aliphatic rings. The van der Waals surface area contributed by atoms with Crippen molar-refractivity contribution in [2.45, 2.75) is 0 Å². The predicted molar refractivity (Wildman–Crippen MR) is 172 cm³/mol. The Morgan fingerprint density at radius 1 is 0.452 bits per heavy atom. The summed E-state index contributed by atoms with van der Waals surface area (Å²) in [5.74, 6) is 0. The first kappa shape index (κ1) is 23.0. The third-order valence-electron chi connectivity index (χ3n) is 8.19. The molecule has 0 radical (unpaired) electrons. The highest BCUT2D eigenvalue weighted by molar-refractivity contribution is 6.24. The van der Waals surface area contributed by atoms with Gasteiger partial charge in [0, 0.05) is 33.0 Å². The molecule has 9 rings (SSSR count). The summed E-state index contributed by atoms with van der Waals surface area (Å²) in [5, 5.41) is 4.43. The van der Waals surface area contributed by atoms with Gasteiger partial charge in [0.25, 0.3) is 0 Å². The van der Waals surface area contributed by atoms with E-state index in [4.69, 9.17) is 14.4 Å². The van der Waals surface area contributed by atoms with E-state index >= 15 is 0 Å². The van der Waals surface area contributed by atoms with Crippen LogP contribution in [0.5, 0.6) is 0 Å². The van der Waals surface area contributed by atoms with Gasteiger partial charge in [0.2, 0.25) is 0 Å². The molecule has 0 bridgehead atoms. The largest absolute Gasteiger partial charge is 0.455 e. The Morgan fingerprint density at radius 3 is 1.90 bits per heavy atom. The molecule has 0 aliphatic carbocycles. The van der Waals surface area contributed by atoms with E-state index in [1.807, 2.05) is 42.5 Å². The number of rotatable bonds is 3. The highest BCUT2D eigenvalue weighted by atomic mass is 16.3. The second kappa shape index (κ2) is 8.88. The van der Waals surface area contributed by atoms with E-state index in [0.717, 1.165) is 83.0 Å². The lowest BCUT2D eigenvalue weighted by molar-refractivity contribution is 0.674. The lowest BCUT2D eigenvalue weighted by atomic mass is 10.0. The molecule has 0 spiro atoms. The average molecular weight is 538 g/mol. The van der Waals surface area contributed by atoms with Crippen molar-refractivity contribution >= 4 is 54.8 Å². The van der Waals surface area contributed by atoms with Gasteiger partial charge in [0.05, 0.1) is 33.1 Å². The zero-order chi connectivity index (χ0) is 27.6. The Bertz CT molecular complexity index is 2460. The topological polar surface area (TPSA) is 43.9 Å². The Balaban J connectivity index is 1.39. The quantitative estimate of drug-likeness (QED) is 0.225. The maximum Gasteiger partial charge on any atom is 0.145 e. The Morgan fingerprint density at radius 2 is 1.10 bits per heavy atom. The first-order valence-corrected chi connectivity index (χ1v) is 14.1. The molecule has 0 amide bonds. The molecule has 42 heavy (non-hydrogen) atoms. The molecule has 0 aliphatic heterocycles. The maximum atomic E-state index is 6.93. The van der Waals surface area contributed by atoms with Gasteiger partial charge in [-0.15, -0.1) is 0 Å². The number of para-hydroxylation sites is 5. The number of fused-ring (bicyclic) bond motifs is 8. The van der Waals surface area contributed by atoms with E-state index in [1.165, 1.54) is 0 Å². The molecule has 3 aromatic heterocycles. The van der Waals surface area contributed by atoms with Gasteiger partial charge >= 0.3 is 0 Å². The van der Waals surface area contributed by atoms with Crippen LogP contribution >= 0.6 is 0 Å². The van der Waals surface area contributed by atoms with Crippen LogP contribution in [0.4, 0.5) is 0 Å². The molecule has 0 N–H and O–H groups in total. The summed E-state index contributed by atoms with van der Waals surface area (Å²) < 4.78 is 9.25. The van der Waals surface area contributed by atoms with Crippen LogP contribution in [0.2, 0.25) is 0 Å². The highest BCUT2D eigenvalue weighted by Crippen LogP contribution is 2.43. The summed E-state index contributed by atoms with van der Waals surface area (Å²) in [6.07, 6.45) is 0. The second-order valence-electron chi connectivity index (χ2n) is 10.6. The van der Waals surface area contributed by atoms with Crippen LogP contribution in [0.3, 0.4) is 0 Å². The lowest BCUT2D eigenvalue weighted by Gasteiger charge is -2.11. The first-order chi connectivity index (χ1) is 20.8. The van der Waals surface area contributed by atoms with Gasteiger partial charge < -0.3 is 8.98 Å². The average Bonchev–Trinajstić information content (AvgIpc) is 3.61. The van der Waals surface area contributed by atoms with Crippen LogP contribution in [0, 0.1) is 0 Å². The SMILES string of the molecule is c1ccc(-c2nc3ccccc3nc2-c2cccc3c2oc2c3ccc3c2c2ccccc2n3-c2ccccc2)cc1. The van der Waals surface area contributed by atoms with Crippen LogP contribution < -0.4 is 0 Å². The van der Waals surface area contributed by atoms with Crippen LogP contribution in [-0.2, 0) is 0 Å². The van der Waals surface area contributed by atoms with E-state index in [2.05, 4.69) is 102 Å². The normalized spacial score (nSPS) is 11.8. The molecule has 4 nitrogen and oxygen atoms in total. The molecule has 0 atom stereocenters. The fraction of sp³-hybridized carbons (Fsp3) is 0. The zero-order valence-electron chi connectivity index (χ0n) is 22.5. The summed E-state index contributed by atoms with van der Waals surface area (Å²) in [7, 11) is 0. The zero-order valence-corrected chi connectivity index (χ0v) is 22.5. The molecule has 0 saturated heterocycles. The highest BCUT2D eigenvalue weighted by Gasteiger charge is 2.22. The predicted octanol–water partition coefficient (Wildman–Crippen LogP) is 9.96. The van der Waals surface area contributed by atoms with Crippen molar-refractivity contribution in [1.82, 2.24) is 14.5 Å². The van der Waals surface area contributed by atoms with Crippen molar-refractivity contribution in [3.8, 4) is 28.2 Å². The van der Waals surface area contributed by atoms with E-state index < -0.39 is 0 Å². The molecule has 196 valence electrons. The maximum absolute atomic E-state index is 6.93. The van der Waals surface area contributed by atoms with Crippen molar-refractivity contribution in [1.29, 1.82) is 0 Å². The number of hydrogen-bond acceptors (Lipinski definition) is 3. The van der Waals surface area contributed by atoms with Gasteiger partial charge in [0.15, 0.2) is 0 Å². The molecule has 0 unspecified atom stereocenters. The van der Waals surface area contributed by atoms with E-state index in [1.54, 1.807) is 0 Å². The smallest absolute Gasteiger partial charge is 0.145 e. The number of aromatic nitrogens is 3. The summed E-state index contributed by atoms with van der Waals surface area (Å²) >= 11 is 0. The monoisotopic (exact) mass is 537 g/mol. The van der Waals surface area contributed by atoms with Gasteiger partial charge in [-0.25, -0.2) is 9.97 Å². The minimum atomic E-state index is 0.813. The summed E-state index contributed by atoms with van der Waals surface area (Å²) in [6, 6.07) is 48.1. The van der Waals surface area contributed by atoms with E-state index in [-0.39, 0.29) is 0 Å². The number of benzene rings is 6. The minimum absolute atomic E-state index is 0.813. The molecular formula is C38H23N3O. The van der Waals surface area contributed by atoms with Gasteiger partial charge in [0.1, 0.15) is 16.9 Å². The Labute approximate surface area is 241 Å². The van der Waals surface area contributed by atoms with Gasteiger partial charge in [-0.05, 0) is 48.5 Å². The second-order valence-corrected chi connectivity index (χ2v) is 10.6. The van der Waals surface area contributed by atoms with Crippen molar-refractivity contribution in [3.63, 3.8) is 0 Å². The summed E-state index contributed by atoms with van der Waals surface area (Å²) in [4.78, 5) is 10.3. The fourth-order valence-corrected chi connectivity index (χ4v) is 6.33. The minimum Gasteiger partial charge on any atom is -0.455 e. The van der Waals surface area contributed by atoms with Crippen LogP contribution in [0.25, 0.3) is 83.0 Å². The first-order valence-electron chi connectivity index (χ1n) is 14.1. The van der Waals surface area contributed by atoms with Gasteiger partial charge in [-0.3, -0.25) is 0 Å². The molecular weight excluding hydrogens is 514 g/mol. The van der Waals surface area contributed by atoms with E-state index in [0.29, 0.717) is 0 Å². The standard InChI is InChI=1S/C38H23N3O/c1-3-12-24(13-4-1)35-36(40-31-20-9-8-19-30(31)39-35)29-18-11-17-26-27-22-23-33-34(38(27)42-37(26)29)28-16-7-10-21-32(28)41(33)25-14-5-2-6-15-25/h1-23H. The van der Waals surface area contributed by atoms with Gasteiger partial charge in [-0.2, -0.15) is 0 Å². The third-order valence-corrected chi connectivity index (χ3v) is 8.19. The molecule has 4 heteroatoms. The Kier molecular flexibility index (Phi) is 4.87. The number of furan rings is 1. The van der Waals surface area contributed by atoms with Crippen molar-refractivity contribution in [2.24, 2.45) is 0 Å². The van der Waals surface area contributed by atoms with Gasteiger partial charge in [-0.1, -0.05) is 91.0 Å². The molecule has 0 fully saturated rings. The number of nitrogens with zero attached hydrogens (tertiary/aromatic N) is 3. The lowest BCUT2D eigenvalue weighted by Crippen LogP contribution is -1.95. The van der Waals surface area contributed by atoms with Crippen LogP contribution in [0.1, 0.15) is 0 Å². The van der Waals surface area contributed by atoms with Crippen LogP contribution in [-0.4, -0.2) is 14.5 Å².